The molecule has 0 bridgehead atoms. The average molecular weight is 265 g/mol. The van der Waals surface area contributed by atoms with Gasteiger partial charge in [0.15, 0.2) is 0 Å². The second-order valence-electron chi connectivity index (χ2n) is 4.82. The fourth-order valence-electron chi connectivity index (χ4n) is 2.29. The molecule has 1 N–H and O–H groups in total. The molecule has 2 rings (SSSR count). The number of aromatic nitrogens is 1. The summed E-state index contributed by atoms with van der Waals surface area (Å²) in [6.07, 6.45) is 6.53. The molecule has 19 heavy (non-hydrogen) atoms. The standard InChI is InChI=1S/C13H19N3O3/c1-10-8-11(16(17)18)9-15-13(10)14-6-7-19-12-4-2-3-5-12/h8-9,12H,2-7H2,1H3,(H,14,15). The van der Waals surface area contributed by atoms with Crippen molar-refractivity contribution in [3.8, 4) is 0 Å². The SMILES string of the molecule is Cc1cc([N+](=O)[O-])cnc1NCCOC1CCCC1. The molecular formula is C13H19N3O3. The predicted octanol–water partition coefficient (Wildman–Crippen LogP) is 2.67. The minimum atomic E-state index is -0.438. The largest absolute Gasteiger partial charge is 0.376 e. The Kier molecular flexibility index (Phi) is 4.68. The Hall–Kier alpha value is -1.69. The van der Waals surface area contributed by atoms with E-state index < -0.39 is 4.92 Å². The highest BCUT2D eigenvalue weighted by Gasteiger charge is 2.15. The van der Waals surface area contributed by atoms with E-state index in [1.165, 1.54) is 25.1 Å². The number of nitrogens with zero attached hydrogens (tertiary/aromatic N) is 2. The van der Waals surface area contributed by atoms with Crippen molar-refractivity contribution in [1.82, 2.24) is 4.98 Å². The third-order valence-electron chi connectivity index (χ3n) is 3.32. The Labute approximate surface area is 112 Å². The zero-order chi connectivity index (χ0) is 13.7. The van der Waals surface area contributed by atoms with Gasteiger partial charge in [-0.15, -0.1) is 0 Å². The van der Waals surface area contributed by atoms with Crippen LogP contribution in [0.1, 0.15) is 31.2 Å². The molecule has 1 heterocycles. The Bertz CT molecular complexity index is 445. The predicted molar refractivity (Wildman–Crippen MR) is 72.3 cm³/mol. The maximum absolute atomic E-state index is 10.6. The Morgan fingerprint density at radius 2 is 2.26 bits per heavy atom. The molecule has 1 aliphatic carbocycles. The average Bonchev–Trinajstić information content (AvgIpc) is 2.89. The number of rotatable bonds is 6. The van der Waals surface area contributed by atoms with E-state index in [0.29, 0.717) is 25.1 Å². The van der Waals surface area contributed by atoms with Crippen molar-refractivity contribution >= 4 is 11.5 Å². The summed E-state index contributed by atoms with van der Waals surface area (Å²) in [7, 11) is 0. The van der Waals surface area contributed by atoms with Crippen molar-refractivity contribution in [1.29, 1.82) is 0 Å². The van der Waals surface area contributed by atoms with Crippen molar-refractivity contribution < 1.29 is 9.66 Å². The molecule has 0 unspecified atom stereocenters. The van der Waals surface area contributed by atoms with E-state index in [9.17, 15) is 10.1 Å². The van der Waals surface area contributed by atoms with Crippen LogP contribution in [0.3, 0.4) is 0 Å². The van der Waals surface area contributed by atoms with Gasteiger partial charge in [-0.25, -0.2) is 4.98 Å². The first kappa shape index (κ1) is 13.7. The molecule has 1 aromatic rings. The van der Waals surface area contributed by atoms with Crippen molar-refractivity contribution in [2.24, 2.45) is 0 Å². The van der Waals surface area contributed by atoms with Crippen LogP contribution in [0, 0.1) is 17.0 Å². The first-order chi connectivity index (χ1) is 9.16. The highest BCUT2D eigenvalue weighted by molar-refractivity contribution is 5.48. The minimum Gasteiger partial charge on any atom is -0.376 e. The van der Waals surface area contributed by atoms with Gasteiger partial charge >= 0.3 is 0 Å². The molecule has 1 fully saturated rings. The van der Waals surface area contributed by atoms with Crippen LogP contribution in [0.25, 0.3) is 0 Å². The molecule has 0 aliphatic heterocycles. The summed E-state index contributed by atoms with van der Waals surface area (Å²) < 4.78 is 5.73. The van der Waals surface area contributed by atoms with Crippen LogP contribution in [0.4, 0.5) is 11.5 Å². The highest BCUT2D eigenvalue weighted by Crippen LogP contribution is 2.21. The van der Waals surface area contributed by atoms with Gasteiger partial charge < -0.3 is 10.1 Å². The molecule has 1 aliphatic rings. The first-order valence-electron chi connectivity index (χ1n) is 6.63. The van der Waals surface area contributed by atoms with Gasteiger partial charge in [0.05, 0.1) is 17.6 Å². The number of hydrogen-bond donors (Lipinski definition) is 1. The molecule has 0 saturated heterocycles. The Morgan fingerprint density at radius 1 is 1.53 bits per heavy atom. The van der Waals surface area contributed by atoms with Crippen LogP contribution in [0.2, 0.25) is 0 Å². The third kappa shape index (κ3) is 3.89. The highest BCUT2D eigenvalue weighted by atomic mass is 16.6. The van der Waals surface area contributed by atoms with Crippen molar-refractivity contribution in [3.05, 3.63) is 27.9 Å². The molecule has 0 atom stereocenters. The third-order valence-corrected chi connectivity index (χ3v) is 3.32. The smallest absolute Gasteiger partial charge is 0.287 e. The lowest BCUT2D eigenvalue weighted by Crippen LogP contribution is -2.16. The van der Waals surface area contributed by atoms with E-state index in [0.717, 1.165) is 18.4 Å². The lowest BCUT2D eigenvalue weighted by atomic mass is 10.2. The van der Waals surface area contributed by atoms with E-state index in [2.05, 4.69) is 10.3 Å². The molecule has 1 saturated carbocycles. The summed E-state index contributed by atoms with van der Waals surface area (Å²) in [6.45, 7) is 3.12. The van der Waals surface area contributed by atoms with E-state index in [-0.39, 0.29) is 5.69 Å². The van der Waals surface area contributed by atoms with Crippen LogP contribution in [-0.2, 0) is 4.74 Å². The fraction of sp³-hybridized carbons (Fsp3) is 0.615. The number of aryl methyl sites for hydroxylation is 1. The van der Waals surface area contributed by atoms with Crippen LogP contribution < -0.4 is 5.32 Å². The van der Waals surface area contributed by atoms with Crippen LogP contribution in [0.15, 0.2) is 12.3 Å². The van der Waals surface area contributed by atoms with Crippen molar-refractivity contribution in [2.75, 3.05) is 18.5 Å². The normalized spacial score (nSPS) is 15.6. The lowest BCUT2D eigenvalue weighted by molar-refractivity contribution is -0.385. The second kappa shape index (κ2) is 6.47. The van der Waals surface area contributed by atoms with E-state index in [4.69, 9.17) is 4.74 Å². The van der Waals surface area contributed by atoms with Gasteiger partial charge in [-0.3, -0.25) is 10.1 Å². The molecule has 0 spiro atoms. The maximum atomic E-state index is 10.6. The number of nitro groups is 1. The van der Waals surface area contributed by atoms with Crippen LogP contribution in [-0.4, -0.2) is 29.2 Å². The number of hydrogen-bond acceptors (Lipinski definition) is 5. The van der Waals surface area contributed by atoms with Gasteiger partial charge in [0.2, 0.25) is 0 Å². The summed E-state index contributed by atoms with van der Waals surface area (Å²) in [6, 6.07) is 1.52. The first-order valence-corrected chi connectivity index (χ1v) is 6.63. The molecule has 0 aromatic carbocycles. The minimum absolute atomic E-state index is 0.0188. The second-order valence-corrected chi connectivity index (χ2v) is 4.82. The lowest BCUT2D eigenvalue weighted by Gasteiger charge is -2.12. The summed E-state index contributed by atoms with van der Waals surface area (Å²) in [5.74, 6) is 0.681. The summed E-state index contributed by atoms with van der Waals surface area (Å²) in [5, 5.41) is 13.7. The van der Waals surface area contributed by atoms with Gasteiger partial charge in [0.25, 0.3) is 5.69 Å². The van der Waals surface area contributed by atoms with E-state index in [1.807, 2.05) is 0 Å². The maximum Gasteiger partial charge on any atom is 0.287 e. The molecular weight excluding hydrogens is 246 g/mol. The molecule has 1 aromatic heterocycles. The zero-order valence-electron chi connectivity index (χ0n) is 11.1. The van der Waals surface area contributed by atoms with E-state index in [1.54, 1.807) is 6.92 Å². The molecule has 104 valence electrons. The van der Waals surface area contributed by atoms with Crippen LogP contribution >= 0.6 is 0 Å². The summed E-state index contributed by atoms with van der Waals surface area (Å²) in [5.41, 5.74) is 0.792. The van der Waals surface area contributed by atoms with Gasteiger partial charge in [-0.2, -0.15) is 0 Å². The quantitative estimate of drug-likeness (QED) is 0.486. The van der Waals surface area contributed by atoms with Gasteiger partial charge in [-0.1, -0.05) is 12.8 Å². The Morgan fingerprint density at radius 3 is 2.89 bits per heavy atom. The monoisotopic (exact) mass is 265 g/mol. The summed E-state index contributed by atoms with van der Waals surface area (Å²) in [4.78, 5) is 14.2. The Balaban J connectivity index is 1.77. The number of nitrogens with one attached hydrogen (secondary N) is 1. The summed E-state index contributed by atoms with van der Waals surface area (Å²) >= 11 is 0. The molecule has 0 radical (unpaired) electrons. The number of ether oxygens (including phenoxy) is 1. The van der Waals surface area contributed by atoms with Crippen molar-refractivity contribution in [2.45, 2.75) is 38.7 Å². The zero-order valence-corrected chi connectivity index (χ0v) is 11.1. The topological polar surface area (TPSA) is 77.3 Å². The number of anilines is 1. The fourth-order valence-corrected chi connectivity index (χ4v) is 2.29. The molecule has 0 amide bonds. The molecule has 6 heteroatoms. The van der Waals surface area contributed by atoms with Gasteiger partial charge in [0, 0.05) is 12.6 Å². The van der Waals surface area contributed by atoms with Crippen LogP contribution in [0.5, 0.6) is 0 Å². The van der Waals surface area contributed by atoms with Gasteiger partial charge in [-0.05, 0) is 25.3 Å². The van der Waals surface area contributed by atoms with E-state index >= 15 is 0 Å². The van der Waals surface area contributed by atoms with Gasteiger partial charge in [0.1, 0.15) is 12.0 Å². The molecule has 6 nitrogen and oxygen atoms in total. The number of pyridine rings is 1. The van der Waals surface area contributed by atoms with Crippen molar-refractivity contribution in [3.63, 3.8) is 0 Å².